The average Bonchev–Trinajstić information content (AvgIpc) is 3.47. The SMILES string of the molecule is CCCCCCCCCC/C=C\CCCCCCCCCCCCCC(=O)OCC(COC(=O)CCCCCCCCCCCCCCCCCCCC)OC(=O)CCCCCCCCCCCCCCCCCCCCCCCCC. The van der Waals surface area contributed by atoms with Crippen LogP contribution in [0.5, 0.6) is 0 Å². The van der Waals surface area contributed by atoms with Crippen molar-refractivity contribution in [2.45, 2.75) is 444 Å². The second-order valence-corrected chi connectivity index (χ2v) is 25.9. The first-order chi connectivity index (χ1) is 40.5. The smallest absolute Gasteiger partial charge is 0.306 e. The van der Waals surface area contributed by atoms with Gasteiger partial charge in [-0.1, -0.05) is 386 Å². The van der Waals surface area contributed by atoms with Crippen molar-refractivity contribution in [3.63, 3.8) is 0 Å². The van der Waals surface area contributed by atoms with Gasteiger partial charge in [-0.15, -0.1) is 0 Å². The molecule has 6 heteroatoms. The number of hydrogen-bond acceptors (Lipinski definition) is 6. The van der Waals surface area contributed by atoms with Gasteiger partial charge in [0, 0.05) is 19.3 Å². The van der Waals surface area contributed by atoms with Gasteiger partial charge in [0.05, 0.1) is 0 Å². The fourth-order valence-electron chi connectivity index (χ4n) is 11.9. The van der Waals surface area contributed by atoms with Crippen LogP contribution in [0, 0.1) is 0 Å². The van der Waals surface area contributed by atoms with Crippen LogP contribution in [0.3, 0.4) is 0 Å². The van der Waals surface area contributed by atoms with Crippen molar-refractivity contribution in [2.24, 2.45) is 0 Å². The Morgan fingerprint density at radius 2 is 0.402 bits per heavy atom. The summed E-state index contributed by atoms with van der Waals surface area (Å²) in [5.41, 5.74) is 0. The summed E-state index contributed by atoms with van der Waals surface area (Å²) in [6.07, 6.45) is 86.8. The highest BCUT2D eigenvalue weighted by Crippen LogP contribution is 2.20. The molecule has 486 valence electrons. The molecule has 0 aromatic heterocycles. The van der Waals surface area contributed by atoms with Gasteiger partial charge in [-0.3, -0.25) is 14.4 Å². The first-order valence-electron chi connectivity index (χ1n) is 37.7. The molecular formula is C76H146O6. The Kier molecular flexibility index (Phi) is 70.0. The van der Waals surface area contributed by atoms with Crippen LogP contribution in [-0.2, 0) is 28.6 Å². The molecule has 0 aliphatic carbocycles. The summed E-state index contributed by atoms with van der Waals surface area (Å²) in [5, 5.41) is 0. The zero-order chi connectivity index (χ0) is 59.2. The van der Waals surface area contributed by atoms with E-state index in [0.717, 1.165) is 57.8 Å². The van der Waals surface area contributed by atoms with Gasteiger partial charge in [0.25, 0.3) is 0 Å². The van der Waals surface area contributed by atoms with E-state index in [-0.39, 0.29) is 31.1 Å². The molecule has 0 rings (SSSR count). The molecule has 0 N–H and O–H groups in total. The highest BCUT2D eigenvalue weighted by Gasteiger charge is 2.20. The van der Waals surface area contributed by atoms with Crippen molar-refractivity contribution in [3.8, 4) is 0 Å². The Labute approximate surface area is 513 Å². The molecule has 0 aliphatic rings. The van der Waals surface area contributed by atoms with Crippen LogP contribution in [0.15, 0.2) is 12.2 Å². The maximum Gasteiger partial charge on any atom is 0.306 e. The molecule has 6 nitrogen and oxygen atoms in total. The van der Waals surface area contributed by atoms with Gasteiger partial charge in [0.15, 0.2) is 6.10 Å². The second-order valence-electron chi connectivity index (χ2n) is 25.9. The van der Waals surface area contributed by atoms with Crippen LogP contribution in [0.25, 0.3) is 0 Å². The molecule has 0 fully saturated rings. The number of carbonyl (C=O) groups excluding carboxylic acids is 3. The predicted octanol–water partition coefficient (Wildman–Crippen LogP) is 26.0. The number of rotatable bonds is 71. The largest absolute Gasteiger partial charge is 0.462 e. The molecule has 0 spiro atoms. The first kappa shape index (κ1) is 80.2. The number of hydrogen-bond donors (Lipinski definition) is 0. The van der Waals surface area contributed by atoms with Crippen molar-refractivity contribution in [1.82, 2.24) is 0 Å². The van der Waals surface area contributed by atoms with Crippen LogP contribution in [0.2, 0.25) is 0 Å². The summed E-state index contributed by atoms with van der Waals surface area (Å²) < 4.78 is 17.1. The van der Waals surface area contributed by atoms with E-state index < -0.39 is 6.10 Å². The standard InChI is InChI=1S/C76H146O6/c1-4-7-10-13-16-19-22-25-28-31-34-36-38-40-42-45-48-51-54-57-60-63-66-69-75(78)81-72-73(71-80-74(77)68-65-62-59-56-53-50-47-44-33-30-27-24-21-18-15-12-9-6-3)82-76(79)70-67-64-61-58-55-52-49-46-43-41-39-37-35-32-29-26-23-20-17-14-11-8-5-2/h31,34,73H,4-30,32-33,35-72H2,1-3H3/b34-31-. The molecule has 0 radical (unpaired) electrons. The predicted molar refractivity (Wildman–Crippen MR) is 358 cm³/mol. The molecule has 0 aromatic carbocycles. The molecule has 0 heterocycles. The minimum absolute atomic E-state index is 0.0624. The molecule has 0 bridgehead atoms. The number of esters is 3. The van der Waals surface area contributed by atoms with E-state index in [1.807, 2.05) is 0 Å². The number of allylic oxidation sites excluding steroid dienone is 2. The minimum Gasteiger partial charge on any atom is -0.462 e. The number of ether oxygens (including phenoxy) is 3. The lowest BCUT2D eigenvalue weighted by atomic mass is 10.0. The van der Waals surface area contributed by atoms with Crippen molar-refractivity contribution in [3.05, 3.63) is 12.2 Å². The van der Waals surface area contributed by atoms with Crippen molar-refractivity contribution in [2.75, 3.05) is 13.2 Å². The zero-order valence-corrected chi connectivity index (χ0v) is 56.1. The fourth-order valence-corrected chi connectivity index (χ4v) is 11.9. The normalized spacial score (nSPS) is 12.0. The number of carbonyl (C=O) groups is 3. The first-order valence-corrected chi connectivity index (χ1v) is 37.7. The third-order valence-electron chi connectivity index (χ3n) is 17.5. The van der Waals surface area contributed by atoms with Gasteiger partial charge in [0.1, 0.15) is 13.2 Å². The monoisotopic (exact) mass is 1160 g/mol. The summed E-state index contributed by atoms with van der Waals surface area (Å²) >= 11 is 0. The molecule has 0 aliphatic heterocycles. The topological polar surface area (TPSA) is 78.9 Å². The molecule has 1 atom stereocenters. The lowest BCUT2D eigenvalue weighted by Gasteiger charge is -2.18. The zero-order valence-electron chi connectivity index (χ0n) is 56.1. The third kappa shape index (κ3) is 68.9. The van der Waals surface area contributed by atoms with Crippen molar-refractivity contribution in [1.29, 1.82) is 0 Å². The van der Waals surface area contributed by atoms with E-state index in [1.54, 1.807) is 0 Å². The molecule has 0 saturated heterocycles. The van der Waals surface area contributed by atoms with E-state index in [1.165, 1.54) is 340 Å². The molecule has 0 aromatic rings. The highest BCUT2D eigenvalue weighted by atomic mass is 16.6. The maximum atomic E-state index is 13.0. The van der Waals surface area contributed by atoms with E-state index >= 15 is 0 Å². The summed E-state index contributed by atoms with van der Waals surface area (Å²) in [4.78, 5) is 38.6. The van der Waals surface area contributed by atoms with Crippen molar-refractivity contribution >= 4 is 17.9 Å². The second kappa shape index (κ2) is 71.6. The van der Waals surface area contributed by atoms with Gasteiger partial charge in [-0.2, -0.15) is 0 Å². The summed E-state index contributed by atoms with van der Waals surface area (Å²) in [6.45, 7) is 6.75. The molecule has 0 amide bonds. The molecule has 0 saturated carbocycles. The Hall–Kier alpha value is -1.85. The van der Waals surface area contributed by atoms with Gasteiger partial charge >= 0.3 is 17.9 Å². The van der Waals surface area contributed by atoms with Gasteiger partial charge < -0.3 is 14.2 Å². The van der Waals surface area contributed by atoms with E-state index in [0.29, 0.717) is 19.3 Å². The molecular weight excluding hydrogens is 1010 g/mol. The number of unbranched alkanes of at least 4 members (excludes halogenated alkanes) is 58. The van der Waals surface area contributed by atoms with Gasteiger partial charge in [-0.25, -0.2) is 0 Å². The summed E-state index contributed by atoms with van der Waals surface area (Å²) in [6, 6.07) is 0. The Balaban J connectivity index is 4.27. The lowest BCUT2D eigenvalue weighted by molar-refractivity contribution is -0.167. The summed E-state index contributed by atoms with van der Waals surface area (Å²) in [7, 11) is 0. The van der Waals surface area contributed by atoms with Crippen LogP contribution in [0.4, 0.5) is 0 Å². The Morgan fingerprint density at radius 3 is 0.610 bits per heavy atom. The van der Waals surface area contributed by atoms with E-state index in [9.17, 15) is 14.4 Å². The maximum absolute atomic E-state index is 13.0. The van der Waals surface area contributed by atoms with Gasteiger partial charge in [0.2, 0.25) is 0 Å². The summed E-state index contributed by atoms with van der Waals surface area (Å²) in [5.74, 6) is -0.822. The molecule has 82 heavy (non-hydrogen) atoms. The van der Waals surface area contributed by atoms with Crippen LogP contribution in [-0.4, -0.2) is 37.2 Å². The van der Waals surface area contributed by atoms with Crippen LogP contribution in [0.1, 0.15) is 438 Å². The quantitative estimate of drug-likeness (QED) is 0.0261. The van der Waals surface area contributed by atoms with E-state index in [4.69, 9.17) is 14.2 Å². The lowest BCUT2D eigenvalue weighted by Crippen LogP contribution is -2.30. The molecule has 1 unspecified atom stereocenters. The van der Waals surface area contributed by atoms with Crippen molar-refractivity contribution < 1.29 is 28.6 Å². The van der Waals surface area contributed by atoms with Crippen LogP contribution < -0.4 is 0 Å². The average molecular weight is 1160 g/mol. The van der Waals surface area contributed by atoms with E-state index in [2.05, 4.69) is 32.9 Å². The van der Waals surface area contributed by atoms with Gasteiger partial charge in [-0.05, 0) is 44.9 Å². The third-order valence-corrected chi connectivity index (χ3v) is 17.5. The van der Waals surface area contributed by atoms with Crippen LogP contribution >= 0.6 is 0 Å². The minimum atomic E-state index is -0.767. The highest BCUT2D eigenvalue weighted by molar-refractivity contribution is 5.71. The Bertz CT molecular complexity index is 1280. The fraction of sp³-hybridized carbons (Fsp3) is 0.934. The Morgan fingerprint density at radius 1 is 0.232 bits per heavy atom.